The number of hydrogen-bond donors (Lipinski definition) is 1. The molecule has 0 spiro atoms. The van der Waals surface area contributed by atoms with Crippen LogP contribution in [0.4, 0.5) is 13.2 Å². The third-order valence-electron chi connectivity index (χ3n) is 4.53. The molecule has 1 aromatic carbocycles. The Morgan fingerprint density at radius 1 is 1.12 bits per heavy atom. The first-order valence-electron chi connectivity index (χ1n) is 8.32. The Labute approximate surface area is 151 Å². The van der Waals surface area contributed by atoms with Crippen molar-refractivity contribution < 1.29 is 13.2 Å². The molecule has 3 aromatic rings. The molecule has 0 bridgehead atoms. The van der Waals surface area contributed by atoms with Crippen LogP contribution >= 0.6 is 11.3 Å². The summed E-state index contributed by atoms with van der Waals surface area (Å²) >= 11 is 1.51. The van der Waals surface area contributed by atoms with Gasteiger partial charge in [0.15, 0.2) is 0 Å². The first kappa shape index (κ1) is 17.0. The Morgan fingerprint density at radius 2 is 1.88 bits per heavy atom. The molecule has 1 N–H and O–H groups in total. The van der Waals surface area contributed by atoms with E-state index in [9.17, 15) is 18.0 Å². The lowest BCUT2D eigenvalue weighted by molar-refractivity contribution is -0.137. The van der Waals surface area contributed by atoms with Gasteiger partial charge < -0.3 is 4.98 Å². The number of aryl methyl sites for hydroxylation is 2. The van der Waals surface area contributed by atoms with Gasteiger partial charge in [0.2, 0.25) is 0 Å². The second-order valence-corrected chi connectivity index (χ2v) is 7.34. The SMILES string of the molecule is O=c1[nH]c(C=Cc2ccccc2C(F)(F)F)nc2sc3c(c12)CCCC3. The van der Waals surface area contributed by atoms with Crippen molar-refractivity contribution in [1.82, 2.24) is 9.97 Å². The Morgan fingerprint density at radius 3 is 2.69 bits per heavy atom. The average molecular weight is 376 g/mol. The summed E-state index contributed by atoms with van der Waals surface area (Å²) in [4.78, 5) is 21.5. The number of thiophene rings is 1. The summed E-state index contributed by atoms with van der Waals surface area (Å²) in [5.41, 5.74) is 0.181. The normalized spacial score (nSPS) is 14.9. The van der Waals surface area contributed by atoms with Gasteiger partial charge in [0.25, 0.3) is 5.56 Å². The van der Waals surface area contributed by atoms with E-state index >= 15 is 0 Å². The van der Waals surface area contributed by atoms with E-state index in [0.717, 1.165) is 37.3 Å². The quantitative estimate of drug-likeness (QED) is 0.680. The zero-order valence-corrected chi connectivity index (χ0v) is 14.5. The highest BCUT2D eigenvalue weighted by Gasteiger charge is 2.32. The molecule has 134 valence electrons. The monoisotopic (exact) mass is 376 g/mol. The van der Waals surface area contributed by atoms with Crippen molar-refractivity contribution in [2.24, 2.45) is 0 Å². The largest absolute Gasteiger partial charge is 0.416 e. The van der Waals surface area contributed by atoms with Gasteiger partial charge in [-0.1, -0.05) is 24.3 Å². The van der Waals surface area contributed by atoms with E-state index in [-0.39, 0.29) is 16.9 Å². The van der Waals surface area contributed by atoms with Gasteiger partial charge in [-0.2, -0.15) is 13.2 Å². The molecule has 2 aromatic heterocycles. The molecule has 0 fully saturated rings. The first-order valence-corrected chi connectivity index (χ1v) is 9.14. The molecule has 0 amide bonds. The molecule has 4 rings (SSSR count). The Bertz CT molecular complexity index is 1060. The Balaban J connectivity index is 1.75. The third-order valence-corrected chi connectivity index (χ3v) is 5.72. The predicted octanol–water partition coefficient (Wildman–Crippen LogP) is 5.05. The number of aromatic nitrogens is 2. The standard InChI is InChI=1S/C19H15F3N2OS/c20-19(21,22)13-7-3-1-5-11(13)9-10-15-23-17(25)16-12-6-2-4-8-14(12)26-18(16)24-15/h1,3,5,7,9-10H,2,4,6,8H2,(H,23,24,25). The minimum absolute atomic E-state index is 0.0354. The molecule has 0 unspecified atom stereocenters. The van der Waals surface area contributed by atoms with E-state index < -0.39 is 11.7 Å². The molecule has 26 heavy (non-hydrogen) atoms. The number of benzene rings is 1. The predicted molar refractivity (Wildman–Crippen MR) is 97.3 cm³/mol. The summed E-state index contributed by atoms with van der Waals surface area (Å²) in [5, 5.41) is 0.637. The summed E-state index contributed by atoms with van der Waals surface area (Å²) in [6.07, 6.45) is 2.34. The fraction of sp³-hybridized carbons (Fsp3) is 0.263. The van der Waals surface area contributed by atoms with Gasteiger partial charge in [0.1, 0.15) is 10.7 Å². The number of fused-ring (bicyclic) bond motifs is 3. The number of alkyl halides is 3. The van der Waals surface area contributed by atoms with Crippen LogP contribution in [0.1, 0.15) is 40.2 Å². The fourth-order valence-electron chi connectivity index (χ4n) is 3.33. The van der Waals surface area contributed by atoms with Crippen LogP contribution in [0.5, 0.6) is 0 Å². The van der Waals surface area contributed by atoms with Crippen molar-refractivity contribution in [3.8, 4) is 0 Å². The van der Waals surface area contributed by atoms with Crippen LogP contribution in [-0.4, -0.2) is 9.97 Å². The van der Waals surface area contributed by atoms with E-state index in [0.29, 0.717) is 10.2 Å². The van der Waals surface area contributed by atoms with Gasteiger partial charge in [-0.15, -0.1) is 11.3 Å². The lowest BCUT2D eigenvalue weighted by atomic mass is 9.97. The van der Waals surface area contributed by atoms with Crippen molar-refractivity contribution in [1.29, 1.82) is 0 Å². The van der Waals surface area contributed by atoms with Crippen molar-refractivity contribution in [3.05, 3.63) is 62.0 Å². The highest BCUT2D eigenvalue weighted by molar-refractivity contribution is 7.18. The number of aromatic amines is 1. The smallest absolute Gasteiger partial charge is 0.306 e. The minimum atomic E-state index is -4.43. The Kier molecular flexibility index (Phi) is 4.19. The molecule has 0 aliphatic heterocycles. The average Bonchev–Trinajstić information content (AvgIpc) is 2.98. The summed E-state index contributed by atoms with van der Waals surface area (Å²) in [6, 6.07) is 5.32. The van der Waals surface area contributed by atoms with Crippen LogP contribution in [0.15, 0.2) is 29.1 Å². The van der Waals surface area contributed by atoms with E-state index in [1.54, 1.807) is 6.07 Å². The van der Waals surface area contributed by atoms with Gasteiger partial charge >= 0.3 is 6.18 Å². The maximum absolute atomic E-state index is 13.1. The van der Waals surface area contributed by atoms with Crippen LogP contribution in [0.3, 0.4) is 0 Å². The molecule has 0 atom stereocenters. The number of halogens is 3. The van der Waals surface area contributed by atoms with Crippen molar-refractivity contribution in [2.45, 2.75) is 31.9 Å². The van der Waals surface area contributed by atoms with Gasteiger partial charge in [-0.25, -0.2) is 4.98 Å². The van der Waals surface area contributed by atoms with Crippen molar-refractivity contribution in [2.75, 3.05) is 0 Å². The highest BCUT2D eigenvalue weighted by atomic mass is 32.1. The van der Waals surface area contributed by atoms with Gasteiger partial charge in [-0.05, 0) is 49.0 Å². The molecule has 2 heterocycles. The molecule has 0 saturated heterocycles. The molecular weight excluding hydrogens is 361 g/mol. The molecular formula is C19H15F3N2OS. The number of hydrogen-bond acceptors (Lipinski definition) is 3. The number of H-pyrrole nitrogens is 1. The zero-order chi connectivity index (χ0) is 18.3. The van der Waals surface area contributed by atoms with E-state index in [1.807, 2.05) is 0 Å². The molecule has 1 aliphatic rings. The number of rotatable bonds is 2. The molecule has 7 heteroatoms. The number of nitrogens with one attached hydrogen (secondary N) is 1. The van der Waals surface area contributed by atoms with Crippen LogP contribution in [-0.2, 0) is 19.0 Å². The van der Waals surface area contributed by atoms with E-state index in [1.165, 1.54) is 40.5 Å². The summed E-state index contributed by atoms with van der Waals surface area (Å²) in [5.74, 6) is 0.262. The van der Waals surface area contributed by atoms with Crippen LogP contribution in [0, 0.1) is 0 Å². The third kappa shape index (κ3) is 3.07. The topological polar surface area (TPSA) is 45.8 Å². The molecule has 0 radical (unpaired) electrons. The maximum Gasteiger partial charge on any atom is 0.416 e. The van der Waals surface area contributed by atoms with Crippen LogP contribution < -0.4 is 5.56 Å². The lowest BCUT2D eigenvalue weighted by Gasteiger charge is -2.09. The number of nitrogens with zero attached hydrogens (tertiary/aromatic N) is 1. The van der Waals surface area contributed by atoms with Crippen molar-refractivity contribution in [3.63, 3.8) is 0 Å². The van der Waals surface area contributed by atoms with Gasteiger partial charge in [0.05, 0.1) is 10.9 Å². The summed E-state index contributed by atoms with van der Waals surface area (Å²) in [7, 11) is 0. The van der Waals surface area contributed by atoms with Gasteiger partial charge in [-0.3, -0.25) is 4.79 Å². The molecule has 3 nitrogen and oxygen atoms in total. The van der Waals surface area contributed by atoms with Crippen molar-refractivity contribution >= 4 is 33.7 Å². The molecule has 0 saturated carbocycles. The second kappa shape index (κ2) is 6.39. The van der Waals surface area contributed by atoms with E-state index in [4.69, 9.17) is 0 Å². The highest BCUT2D eigenvalue weighted by Crippen LogP contribution is 2.34. The minimum Gasteiger partial charge on any atom is -0.306 e. The maximum atomic E-state index is 13.1. The van der Waals surface area contributed by atoms with Crippen LogP contribution in [0.25, 0.3) is 22.4 Å². The lowest BCUT2D eigenvalue weighted by Crippen LogP contribution is -2.11. The summed E-state index contributed by atoms with van der Waals surface area (Å²) in [6.45, 7) is 0. The van der Waals surface area contributed by atoms with E-state index in [2.05, 4.69) is 9.97 Å². The van der Waals surface area contributed by atoms with Crippen LogP contribution in [0.2, 0.25) is 0 Å². The fourth-order valence-corrected chi connectivity index (χ4v) is 4.60. The Hall–Kier alpha value is -2.41. The summed E-state index contributed by atoms with van der Waals surface area (Å²) < 4.78 is 39.2. The van der Waals surface area contributed by atoms with Gasteiger partial charge in [0, 0.05) is 4.88 Å². The second-order valence-electron chi connectivity index (χ2n) is 6.26. The first-order chi connectivity index (χ1) is 12.4. The zero-order valence-electron chi connectivity index (χ0n) is 13.7. The molecule has 1 aliphatic carbocycles.